The van der Waals surface area contributed by atoms with Gasteiger partial charge in [-0.3, -0.25) is 4.79 Å². The molecule has 24 heavy (non-hydrogen) atoms. The second kappa shape index (κ2) is 5.59. The molecule has 1 amide bonds. The van der Waals surface area contributed by atoms with Gasteiger partial charge in [-0.25, -0.2) is 4.39 Å². The summed E-state index contributed by atoms with van der Waals surface area (Å²) in [6.07, 6.45) is 4.62. The lowest BCUT2D eigenvalue weighted by molar-refractivity contribution is -0.169. The van der Waals surface area contributed by atoms with E-state index in [-0.39, 0.29) is 29.3 Å². The van der Waals surface area contributed by atoms with Gasteiger partial charge in [0.05, 0.1) is 6.10 Å². The summed E-state index contributed by atoms with van der Waals surface area (Å²) < 4.78 is 19.3. The topological polar surface area (TPSA) is 54.1 Å². The van der Waals surface area contributed by atoms with Crippen LogP contribution in [0.3, 0.4) is 0 Å². The molecule has 1 aromatic carbocycles. The average molecular weight is 330 g/mol. The minimum atomic E-state index is -0.291. The van der Waals surface area contributed by atoms with Crippen molar-refractivity contribution in [2.24, 2.45) is 5.41 Å². The fraction of sp³-hybridized carbons (Fsp3) is 0.526. The number of H-pyrrole nitrogens is 1. The summed E-state index contributed by atoms with van der Waals surface area (Å²) in [5.74, 6) is -0.405. The Kier molecular flexibility index (Phi) is 3.64. The molecule has 4 rings (SSSR count). The average Bonchev–Trinajstić information content (AvgIpc) is 2.88. The molecule has 128 valence electrons. The zero-order valence-electron chi connectivity index (χ0n) is 14.1. The van der Waals surface area contributed by atoms with E-state index < -0.39 is 0 Å². The number of ether oxygens (including phenoxy) is 1. The van der Waals surface area contributed by atoms with Gasteiger partial charge in [0, 0.05) is 29.0 Å². The Balaban J connectivity index is 1.52. The fourth-order valence-electron chi connectivity index (χ4n) is 4.37. The highest BCUT2D eigenvalue weighted by molar-refractivity contribution is 5.99. The molecule has 2 unspecified atom stereocenters. The molecule has 1 spiro atoms. The molecule has 5 heteroatoms. The van der Waals surface area contributed by atoms with Crippen molar-refractivity contribution in [1.29, 1.82) is 0 Å². The van der Waals surface area contributed by atoms with Gasteiger partial charge in [-0.1, -0.05) is 6.42 Å². The first-order valence-corrected chi connectivity index (χ1v) is 8.75. The summed E-state index contributed by atoms with van der Waals surface area (Å²) in [4.78, 5) is 15.7. The number of rotatable bonds is 4. The first kappa shape index (κ1) is 15.6. The predicted octanol–water partition coefficient (Wildman–Crippen LogP) is 3.69. The maximum Gasteiger partial charge on any atom is 0.267 e. The van der Waals surface area contributed by atoms with Crippen molar-refractivity contribution in [1.82, 2.24) is 10.3 Å². The van der Waals surface area contributed by atoms with Crippen molar-refractivity contribution in [3.05, 3.63) is 35.3 Å². The molecule has 0 bridgehead atoms. The van der Waals surface area contributed by atoms with Crippen molar-refractivity contribution < 1.29 is 13.9 Å². The van der Waals surface area contributed by atoms with Crippen molar-refractivity contribution >= 4 is 16.8 Å². The lowest BCUT2D eigenvalue weighted by atomic mass is 9.51. The van der Waals surface area contributed by atoms with Crippen molar-refractivity contribution in [2.75, 3.05) is 6.61 Å². The highest BCUT2D eigenvalue weighted by Gasteiger charge is 2.59. The van der Waals surface area contributed by atoms with E-state index in [0.717, 1.165) is 36.8 Å². The standard InChI is InChI=1S/C19H23FN2O2/c1-3-24-17-10-16(19(17)5-4-6-19)22-18(23)15-9-13-11(2)7-12(20)8-14(13)21-15/h7-9,16-17,21H,3-6,10H2,1-2H3,(H,22,23). The van der Waals surface area contributed by atoms with Gasteiger partial charge >= 0.3 is 0 Å². The highest BCUT2D eigenvalue weighted by Crippen LogP contribution is 2.57. The van der Waals surface area contributed by atoms with Gasteiger partial charge < -0.3 is 15.0 Å². The number of hydrogen-bond donors (Lipinski definition) is 2. The lowest BCUT2D eigenvalue weighted by Crippen LogP contribution is -2.67. The number of carbonyl (C=O) groups excluding carboxylic acids is 1. The summed E-state index contributed by atoms with van der Waals surface area (Å²) in [6.45, 7) is 4.59. The lowest BCUT2D eigenvalue weighted by Gasteiger charge is -2.60. The largest absolute Gasteiger partial charge is 0.378 e. The summed E-state index contributed by atoms with van der Waals surface area (Å²) in [7, 11) is 0. The summed E-state index contributed by atoms with van der Waals surface area (Å²) >= 11 is 0. The normalized spacial score (nSPS) is 24.6. The van der Waals surface area contributed by atoms with Crippen LogP contribution >= 0.6 is 0 Å². The van der Waals surface area contributed by atoms with Crippen LogP contribution in [0, 0.1) is 18.2 Å². The van der Waals surface area contributed by atoms with Crippen LogP contribution in [0.5, 0.6) is 0 Å². The molecule has 2 aliphatic carbocycles. The first-order valence-electron chi connectivity index (χ1n) is 8.75. The summed E-state index contributed by atoms with van der Waals surface area (Å²) in [5.41, 5.74) is 2.13. The second-order valence-electron chi connectivity index (χ2n) is 7.16. The SMILES string of the molecule is CCOC1CC(NC(=O)c2cc3c(C)cc(F)cc3[nH]2)C12CCC2. The quantitative estimate of drug-likeness (QED) is 0.898. The third-order valence-corrected chi connectivity index (χ3v) is 5.90. The molecule has 0 saturated heterocycles. The van der Waals surface area contributed by atoms with Gasteiger partial charge in [-0.05, 0) is 56.9 Å². The van der Waals surface area contributed by atoms with E-state index in [2.05, 4.69) is 10.3 Å². The molecule has 4 nitrogen and oxygen atoms in total. The van der Waals surface area contributed by atoms with Crippen LogP contribution in [0.1, 0.15) is 48.7 Å². The highest BCUT2D eigenvalue weighted by atomic mass is 19.1. The molecule has 1 aromatic heterocycles. The van der Waals surface area contributed by atoms with Gasteiger partial charge in [-0.15, -0.1) is 0 Å². The summed E-state index contributed by atoms with van der Waals surface area (Å²) in [6, 6.07) is 4.91. The molecule has 1 heterocycles. The molecule has 2 saturated carbocycles. The van der Waals surface area contributed by atoms with E-state index in [4.69, 9.17) is 4.74 Å². The molecule has 2 N–H and O–H groups in total. The molecule has 0 aliphatic heterocycles. The third kappa shape index (κ3) is 2.25. The molecular formula is C19H23FN2O2. The maximum absolute atomic E-state index is 13.5. The van der Waals surface area contributed by atoms with E-state index in [1.165, 1.54) is 18.6 Å². The zero-order valence-corrected chi connectivity index (χ0v) is 14.1. The first-order chi connectivity index (χ1) is 11.5. The van der Waals surface area contributed by atoms with Crippen LogP contribution in [-0.2, 0) is 4.74 Å². The van der Waals surface area contributed by atoms with Gasteiger partial charge in [0.2, 0.25) is 0 Å². The number of hydrogen-bond acceptors (Lipinski definition) is 2. The zero-order chi connectivity index (χ0) is 16.9. The molecule has 2 atom stereocenters. The van der Waals surface area contributed by atoms with E-state index in [1.807, 2.05) is 19.9 Å². The van der Waals surface area contributed by atoms with Crippen LogP contribution in [0.4, 0.5) is 4.39 Å². The van der Waals surface area contributed by atoms with Gasteiger partial charge in [-0.2, -0.15) is 0 Å². The molecule has 2 fully saturated rings. The number of aromatic amines is 1. The van der Waals surface area contributed by atoms with Crippen LogP contribution < -0.4 is 5.32 Å². The number of aromatic nitrogens is 1. The molecular weight excluding hydrogens is 307 g/mol. The molecule has 0 radical (unpaired) electrons. The minimum Gasteiger partial charge on any atom is -0.378 e. The second-order valence-corrected chi connectivity index (χ2v) is 7.16. The van der Waals surface area contributed by atoms with Crippen LogP contribution in [0.15, 0.2) is 18.2 Å². The number of aryl methyl sites for hydroxylation is 1. The van der Waals surface area contributed by atoms with Gasteiger partial charge in [0.1, 0.15) is 11.5 Å². The van der Waals surface area contributed by atoms with Crippen LogP contribution in [-0.4, -0.2) is 29.6 Å². The minimum absolute atomic E-state index is 0.114. The molecule has 2 aromatic rings. The van der Waals surface area contributed by atoms with Crippen molar-refractivity contribution in [3.8, 4) is 0 Å². The van der Waals surface area contributed by atoms with E-state index in [1.54, 1.807) is 0 Å². The Hall–Kier alpha value is -1.88. The van der Waals surface area contributed by atoms with Crippen LogP contribution in [0.2, 0.25) is 0 Å². The Morgan fingerprint density at radius 2 is 2.21 bits per heavy atom. The number of carbonyl (C=O) groups is 1. The van der Waals surface area contributed by atoms with E-state index in [0.29, 0.717) is 11.2 Å². The van der Waals surface area contributed by atoms with Gasteiger partial charge in [0.25, 0.3) is 5.91 Å². The predicted molar refractivity (Wildman–Crippen MR) is 90.6 cm³/mol. The van der Waals surface area contributed by atoms with Gasteiger partial charge in [0.15, 0.2) is 0 Å². The van der Waals surface area contributed by atoms with E-state index in [9.17, 15) is 9.18 Å². The van der Waals surface area contributed by atoms with Crippen molar-refractivity contribution in [2.45, 2.75) is 51.7 Å². The fourth-order valence-corrected chi connectivity index (χ4v) is 4.37. The number of benzene rings is 1. The van der Waals surface area contributed by atoms with E-state index >= 15 is 0 Å². The Morgan fingerprint density at radius 3 is 2.88 bits per heavy atom. The van der Waals surface area contributed by atoms with Crippen molar-refractivity contribution in [3.63, 3.8) is 0 Å². The third-order valence-electron chi connectivity index (χ3n) is 5.90. The molecule has 2 aliphatic rings. The number of amides is 1. The Labute approximate surface area is 140 Å². The smallest absolute Gasteiger partial charge is 0.267 e. The Bertz CT molecular complexity index is 794. The monoisotopic (exact) mass is 330 g/mol. The maximum atomic E-state index is 13.5. The van der Waals surface area contributed by atoms with Crippen LogP contribution in [0.25, 0.3) is 10.9 Å². The number of halogens is 1. The number of nitrogens with one attached hydrogen (secondary N) is 2. The Morgan fingerprint density at radius 1 is 1.42 bits per heavy atom. The number of fused-ring (bicyclic) bond motifs is 1. The summed E-state index contributed by atoms with van der Waals surface area (Å²) in [5, 5.41) is 4.05.